The Balaban J connectivity index is 1.76. The van der Waals surface area contributed by atoms with E-state index in [2.05, 4.69) is 25.8 Å². The van der Waals surface area contributed by atoms with E-state index in [0.717, 1.165) is 21.5 Å². The molecule has 0 bridgehead atoms. The molecule has 0 saturated heterocycles. The fourth-order valence-corrected chi connectivity index (χ4v) is 2.47. The summed E-state index contributed by atoms with van der Waals surface area (Å²) in [4.78, 5) is 0. The Morgan fingerprint density at radius 1 is 1.15 bits per heavy atom. The quantitative estimate of drug-likeness (QED) is 0.798. The highest BCUT2D eigenvalue weighted by Crippen LogP contribution is 2.20. The van der Waals surface area contributed by atoms with Crippen LogP contribution >= 0.6 is 11.3 Å². The molecule has 3 rings (SSSR count). The minimum Gasteiger partial charge on any atom is -0.352 e. The summed E-state index contributed by atoms with van der Waals surface area (Å²) in [5.41, 5.74) is 1.85. The zero-order valence-corrected chi connectivity index (χ0v) is 12.0. The third kappa shape index (κ3) is 2.67. The molecule has 2 aromatic heterocycles. The van der Waals surface area contributed by atoms with E-state index < -0.39 is 0 Å². The molecule has 7 heteroatoms. The summed E-state index contributed by atoms with van der Waals surface area (Å²) in [7, 11) is 0. The van der Waals surface area contributed by atoms with Crippen LogP contribution < -0.4 is 5.32 Å². The Morgan fingerprint density at radius 3 is 2.65 bits per heavy atom. The van der Waals surface area contributed by atoms with Gasteiger partial charge in [0.2, 0.25) is 5.13 Å². The summed E-state index contributed by atoms with van der Waals surface area (Å²) in [6.07, 6.45) is 1.92. The Kier molecular flexibility index (Phi) is 3.42. The lowest BCUT2D eigenvalue weighted by molar-refractivity contribution is 0.780. The Bertz CT molecular complexity index is 690. The van der Waals surface area contributed by atoms with Crippen LogP contribution in [-0.4, -0.2) is 25.2 Å². The van der Waals surface area contributed by atoms with Crippen molar-refractivity contribution >= 4 is 16.5 Å². The molecule has 3 aromatic rings. The molecule has 0 fully saturated rings. The molecular weight excluding hydrogens is 272 g/mol. The number of aryl methyl sites for hydroxylation is 1. The van der Waals surface area contributed by atoms with Crippen LogP contribution in [0.4, 0.5) is 5.13 Å². The molecule has 1 N–H and O–H groups in total. The maximum absolute atomic E-state index is 4.20. The van der Waals surface area contributed by atoms with Gasteiger partial charge in [-0.2, -0.15) is 0 Å². The Labute approximate surface area is 120 Å². The molecule has 0 amide bonds. The van der Waals surface area contributed by atoms with Crippen molar-refractivity contribution in [2.24, 2.45) is 0 Å². The lowest BCUT2D eigenvalue weighted by Gasteiger charge is -2.08. The van der Waals surface area contributed by atoms with Gasteiger partial charge in [0.15, 0.2) is 0 Å². The normalized spacial score (nSPS) is 12.3. The predicted octanol–water partition coefficient (Wildman–Crippen LogP) is 2.60. The van der Waals surface area contributed by atoms with Gasteiger partial charge in [-0.15, -0.1) is 15.3 Å². The van der Waals surface area contributed by atoms with Gasteiger partial charge < -0.3 is 5.32 Å². The molecule has 0 aliphatic carbocycles. The number of nitrogens with one attached hydrogen (secondary N) is 1. The zero-order chi connectivity index (χ0) is 13.9. The highest BCUT2D eigenvalue weighted by atomic mass is 32.1. The molecule has 102 valence electrons. The van der Waals surface area contributed by atoms with Crippen molar-refractivity contribution in [2.75, 3.05) is 5.32 Å². The highest BCUT2D eigenvalue weighted by Gasteiger charge is 2.12. The number of benzene rings is 1. The third-order valence-corrected chi connectivity index (χ3v) is 3.61. The largest absolute Gasteiger partial charge is 0.352 e. The first-order chi connectivity index (χ1) is 9.72. The van der Waals surface area contributed by atoms with E-state index in [1.807, 2.05) is 50.4 Å². The fourth-order valence-electron chi connectivity index (χ4n) is 1.80. The number of anilines is 1. The smallest absolute Gasteiger partial charge is 0.206 e. The molecule has 1 aromatic carbocycles. The first-order valence-corrected chi connectivity index (χ1v) is 7.08. The molecule has 0 aliphatic heterocycles. The van der Waals surface area contributed by atoms with Gasteiger partial charge in [-0.05, 0) is 26.0 Å². The predicted molar refractivity (Wildman–Crippen MR) is 78.0 cm³/mol. The van der Waals surface area contributed by atoms with E-state index in [1.165, 1.54) is 11.3 Å². The van der Waals surface area contributed by atoms with E-state index in [9.17, 15) is 0 Å². The molecule has 6 nitrogen and oxygen atoms in total. The average Bonchev–Trinajstić information content (AvgIpc) is 3.09. The Morgan fingerprint density at radius 2 is 1.95 bits per heavy atom. The van der Waals surface area contributed by atoms with Crippen LogP contribution in [0.2, 0.25) is 0 Å². The van der Waals surface area contributed by atoms with Crippen LogP contribution in [0.5, 0.6) is 0 Å². The number of hydrogen-bond acceptors (Lipinski definition) is 6. The summed E-state index contributed by atoms with van der Waals surface area (Å²) < 4.78 is 1.76. The van der Waals surface area contributed by atoms with Gasteiger partial charge in [-0.1, -0.05) is 34.7 Å². The second kappa shape index (κ2) is 5.38. The molecule has 0 aliphatic rings. The minimum atomic E-state index is 0.0276. The Hall–Kier alpha value is -2.28. The second-order valence-corrected chi connectivity index (χ2v) is 5.60. The molecule has 2 heterocycles. The van der Waals surface area contributed by atoms with E-state index in [1.54, 1.807) is 4.68 Å². The summed E-state index contributed by atoms with van der Waals surface area (Å²) >= 11 is 1.53. The number of para-hydroxylation sites is 1. The van der Waals surface area contributed by atoms with Gasteiger partial charge >= 0.3 is 0 Å². The van der Waals surface area contributed by atoms with Gasteiger partial charge in [0.25, 0.3) is 0 Å². The minimum absolute atomic E-state index is 0.0276. The van der Waals surface area contributed by atoms with Crippen LogP contribution in [0.25, 0.3) is 5.69 Å². The van der Waals surface area contributed by atoms with Crippen molar-refractivity contribution in [1.82, 2.24) is 25.2 Å². The maximum atomic E-state index is 4.20. The number of rotatable bonds is 4. The van der Waals surface area contributed by atoms with E-state index in [-0.39, 0.29) is 6.04 Å². The van der Waals surface area contributed by atoms with E-state index in [0.29, 0.717) is 0 Å². The fraction of sp³-hybridized carbons (Fsp3) is 0.231. The highest BCUT2D eigenvalue weighted by molar-refractivity contribution is 7.15. The van der Waals surface area contributed by atoms with Crippen molar-refractivity contribution in [1.29, 1.82) is 0 Å². The van der Waals surface area contributed by atoms with Crippen molar-refractivity contribution < 1.29 is 0 Å². The first-order valence-electron chi connectivity index (χ1n) is 6.26. The summed E-state index contributed by atoms with van der Waals surface area (Å²) in [5.74, 6) is 0. The van der Waals surface area contributed by atoms with Crippen molar-refractivity contribution in [3.05, 3.63) is 47.2 Å². The van der Waals surface area contributed by atoms with Crippen molar-refractivity contribution in [3.8, 4) is 5.69 Å². The molecular formula is C13H14N6S. The average molecular weight is 286 g/mol. The van der Waals surface area contributed by atoms with Gasteiger partial charge in [-0.3, -0.25) is 0 Å². The van der Waals surface area contributed by atoms with Gasteiger partial charge in [0, 0.05) is 0 Å². The van der Waals surface area contributed by atoms with Crippen LogP contribution in [0.1, 0.15) is 23.7 Å². The molecule has 0 radical (unpaired) electrons. The number of hydrogen-bond donors (Lipinski definition) is 1. The van der Waals surface area contributed by atoms with Gasteiger partial charge in [0.1, 0.15) is 10.7 Å². The third-order valence-electron chi connectivity index (χ3n) is 2.84. The van der Waals surface area contributed by atoms with E-state index >= 15 is 0 Å². The summed E-state index contributed by atoms with van der Waals surface area (Å²) in [6, 6.07) is 9.93. The van der Waals surface area contributed by atoms with Crippen LogP contribution in [0.15, 0.2) is 36.5 Å². The lowest BCUT2D eigenvalue weighted by Crippen LogP contribution is -2.06. The number of nitrogens with zero attached hydrogens (tertiary/aromatic N) is 5. The maximum Gasteiger partial charge on any atom is 0.206 e. The first kappa shape index (κ1) is 12.7. The zero-order valence-electron chi connectivity index (χ0n) is 11.2. The van der Waals surface area contributed by atoms with Crippen LogP contribution in [-0.2, 0) is 0 Å². The van der Waals surface area contributed by atoms with Gasteiger partial charge in [0.05, 0.1) is 17.9 Å². The topological polar surface area (TPSA) is 68.5 Å². The second-order valence-electron chi connectivity index (χ2n) is 4.42. The molecule has 1 atom stereocenters. The lowest BCUT2D eigenvalue weighted by atomic mass is 10.2. The molecule has 20 heavy (non-hydrogen) atoms. The van der Waals surface area contributed by atoms with Crippen LogP contribution in [0.3, 0.4) is 0 Å². The number of aromatic nitrogens is 5. The molecule has 1 unspecified atom stereocenters. The summed E-state index contributed by atoms with van der Waals surface area (Å²) in [5, 5.41) is 21.4. The standard InChI is InChI=1S/C13H14N6S/c1-9(14-13-17-15-10(2)20-13)12-8-19(18-16-12)11-6-4-3-5-7-11/h3-9H,1-2H3,(H,14,17). The molecule has 0 saturated carbocycles. The van der Waals surface area contributed by atoms with E-state index in [4.69, 9.17) is 0 Å². The summed E-state index contributed by atoms with van der Waals surface area (Å²) in [6.45, 7) is 3.95. The van der Waals surface area contributed by atoms with Gasteiger partial charge in [-0.25, -0.2) is 4.68 Å². The molecule has 0 spiro atoms. The monoisotopic (exact) mass is 286 g/mol. The van der Waals surface area contributed by atoms with Crippen LogP contribution in [0, 0.1) is 6.92 Å². The SMILES string of the molecule is Cc1nnc(NC(C)c2cn(-c3ccccc3)nn2)s1. The van der Waals surface area contributed by atoms with Crippen molar-refractivity contribution in [3.63, 3.8) is 0 Å². The van der Waals surface area contributed by atoms with Crippen molar-refractivity contribution in [2.45, 2.75) is 19.9 Å².